The molecule has 4 nitrogen and oxygen atoms in total. The second-order valence-corrected chi connectivity index (χ2v) is 6.22. The second kappa shape index (κ2) is 4.76. The van der Waals surface area contributed by atoms with Crippen LogP contribution < -0.4 is 0 Å². The molecule has 1 fully saturated rings. The molecule has 0 aromatic carbocycles. The lowest BCUT2D eigenvalue weighted by molar-refractivity contribution is 0.184. The molecule has 1 aliphatic rings. The van der Waals surface area contributed by atoms with Crippen LogP contribution in [-0.4, -0.2) is 20.0 Å². The maximum absolute atomic E-state index is 4.31. The standard InChI is InChI=1S/C15H20N4/c1-15(2)7-3-13(4-8-15)19-11-14(17-18-19)12-5-9-16-10-6-12/h5-6,9-11,13H,3-4,7-8H2,1-2H3. The molecule has 19 heavy (non-hydrogen) atoms. The molecule has 3 rings (SSSR count). The van der Waals surface area contributed by atoms with E-state index in [1.54, 1.807) is 12.4 Å². The fraction of sp³-hybridized carbons (Fsp3) is 0.533. The van der Waals surface area contributed by atoms with Gasteiger partial charge in [0.1, 0.15) is 5.69 Å². The number of aromatic nitrogens is 4. The van der Waals surface area contributed by atoms with Crippen molar-refractivity contribution in [3.8, 4) is 11.3 Å². The lowest BCUT2D eigenvalue weighted by atomic mass is 9.76. The van der Waals surface area contributed by atoms with Crippen molar-refractivity contribution in [3.63, 3.8) is 0 Å². The fourth-order valence-corrected chi connectivity index (χ4v) is 2.76. The Bertz CT molecular complexity index is 534. The molecule has 2 aromatic rings. The van der Waals surface area contributed by atoms with Crippen molar-refractivity contribution in [2.75, 3.05) is 0 Å². The smallest absolute Gasteiger partial charge is 0.113 e. The topological polar surface area (TPSA) is 43.6 Å². The van der Waals surface area contributed by atoms with Gasteiger partial charge in [-0.25, -0.2) is 4.68 Å². The van der Waals surface area contributed by atoms with Gasteiger partial charge in [0.15, 0.2) is 0 Å². The van der Waals surface area contributed by atoms with E-state index in [2.05, 4.69) is 35.3 Å². The third kappa shape index (κ3) is 2.67. The molecule has 2 aromatic heterocycles. The minimum absolute atomic E-state index is 0.491. The fourth-order valence-electron chi connectivity index (χ4n) is 2.76. The zero-order valence-corrected chi connectivity index (χ0v) is 11.6. The number of hydrogen-bond donors (Lipinski definition) is 0. The van der Waals surface area contributed by atoms with E-state index in [1.165, 1.54) is 25.7 Å². The van der Waals surface area contributed by atoms with E-state index in [-0.39, 0.29) is 0 Å². The largest absolute Gasteiger partial charge is 0.265 e. The first-order valence-electron chi connectivity index (χ1n) is 6.96. The third-order valence-corrected chi connectivity index (χ3v) is 4.17. The normalized spacial score (nSPS) is 19.5. The van der Waals surface area contributed by atoms with Crippen molar-refractivity contribution < 1.29 is 0 Å². The van der Waals surface area contributed by atoms with Crippen LogP contribution in [0.4, 0.5) is 0 Å². The SMILES string of the molecule is CC1(C)CCC(n2cc(-c3ccncc3)nn2)CC1. The summed E-state index contributed by atoms with van der Waals surface area (Å²) in [6, 6.07) is 4.45. The summed E-state index contributed by atoms with van der Waals surface area (Å²) in [6.45, 7) is 4.71. The molecular weight excluding hydrogens is 236 g/mol. The van der Waals surface area contributed by atoms with E-state index < -0.39 is 0 Å². The van der Waals surface area contributed by atoms with Gasteiger partial charge in [-0.05, 0) is 43.2 Å². The maximum atomic E-state index is 4.31. The van der Waals surface area contributed by atoms with Crippen molar-refractivity contribution in [2.45, 2.75) is 45.6 Å². The number of rotatable bonds is 2. The molecule has 0 aliphatic heterocycles. The summed E-state index contributed by atoms with van der Waals surface area (Å²) in [5.74, 6) is 0. The first-order chi connectivity index (χ1) is 9.14. The molecule has 0 amide bonds. The van der Waals surface area contributed by atoms with E-state index in [1.807, 2.05) is 16.8 Å². The quantitative estimate of drug-likeness (QED) is 0.826. The van der Waals surface area contributed by atoms with Gasteiger partial charge in [-0.15, -0.1) is 5.10 Å². The van der Waals surface area contributed by atoms with Crippen LogP contribution in [0, 0.1) is 5.41 Å². The van der Waals surface area contributed by atoms with Gasteiger partial charge in [0.25, 0.3) is 0 Å². The van der Waals surface area contributed by atoms with Gasteiger partial charge in [-0.3, -0.25) is 4.98 Å². The van der Waals surface area contributed by atoms with E-state index in [0.29, 0.717) is 11.5 Å². The van der Waals surface area contributed by atoms with Crippen LogP contribution in [-0.2, 0) is 0 Å². The highest BCUT2D eigenvalue weighted by Gasteiger charge is 2.28. The molecular formula is C15H20N4. The summed E-state index contributed by atoms with van der Waals surface area (Å²) in [6.07, 6.45) is 10.6. The number of pyridine rings is 1. The highest BCUT2D eigenvalue weighted by molar-refractivity contribution is 5.56. The molecule has 0 atom stereocenters. The van der Waals surface area contributed by atoms with Crippen molar-refractivity contribution >= 4 is 0 Å². The average Bonchev–Trinajstić information content (AvgIpc) is 2.89. The molecule has 1 saturated carbocycles. The van der Waals surface area contributed by atoms with Gasteiger partial charge in [-0.2, -0.15) is 0 Å². The van der Waals surface area contributed by atoms with Crippen LogP contribution >= 0.6 is 0 Å². The predicted molar refractivity (Wildman–Crippen MR) is 74.5 cm³/mol. The third-order valence-electron chi connectivity index (χ3n) is 4.17. The van der Waals surface area contributed by atoms with Gasteiger partial charge >= 0.3 is 0 Å². The Morgan fingerprint density at radius 1 is 1.16 bits per heavy atom. The molecule has 2 heterocycles. The lowest BCUT2D eigenvalue weighted by Crippen LogP contribution is -2.23. The van der Waals surface area contributed by atoms with E-state index in [9.17, 15) is 0 Å². The maximum Gasteiger partial charge on any atom is 0.113 e. The van der Waals surface area contributed by atoms with Gasteiger partial charge in [0.05, 0.1) is 12.2 Å². The average molecular weight is 256 g/mol. The number of nitrogens with zero attached hydrogens (tertiary/aromatic N) is 4. The van der Waals surface area contributed by atoms with Crippen LogP contribution in [0.2, 0.25) is 0 Å². The first kappa shape index (κ1) is 12.3. The summed E-state index contributed by atoms with van der Waals surface area (Å²) in [4.78, 5) is 4.03. The summed E-state index contributed by atoms with van der Waals surface area (Å²) >= 11 is 0. The minimum atomic E-state index is 0.491. The van der Waals surface area contributed by atoms with E-state index in [0.717, 1.165) is 11.3 Å². The Hall–Kier alpha value is -1.71. The Morgan fingerprint density at radius 2 is 1.84 bits per heavy atom. The van der Waals surface area contributed by atoms with Crippen LogP contribution in [0.1, 0.15) is 45.6 Å². The molecule has 100 valence electrons. The van der Waals surface area contributed by atoms with Gasteiger partial charge in [0, 0.05) is 18.0 Å². The summed E-state index contributed by atoms with van der Waals surface area (Å²) < 4.78 is 2.05. The molecule has 0 unspecified atom stereocenters. The number of hydrogen-bond acceptors (Lipinski definition) is 3. The molecule has 4 heteroatoms. The highest BCUT2D eigenvalue weighted by Crippen LogP contribution is 2.39. The summed E-state index contributed by atoms with van der Waals surface area (Å²) in [7, 11) is 0. The van der Waals surface area contributed by atoms with Crippen LogP contribution in [0.5, 0.6) is 0 Å². The monoisotopic (exact) mass is 256 g/mol. The molecule has 0 radical (unpaired) electrons. The van der Waals surface area contributed by atoms with Crippen molar-refractivity contribution in [2.24, 2.45) is 5.41 Å². The Labute approximate surface area is 113 Å². The summed E-state index contributed by atoms with van der Waals surface area (Å²) in [5, 5.41) is 8.59. The first-order valence-corrected chi connectivity index (χ1v) is 6.96. The molecule has 0 spiro atoms. The molecule has 0 saturated heterocycles. The molecule has 0 N–H and O–H groups in total. The minimum Gasteiger partial charge on any atom is -0.265 e. The van der Waals surface area contributed by atoms with Gasteiger partial charge in [-0.1, -0.05) is 19.1 Å². The van der Waals surface area contributed by atoms with Crippen molar-refractivity contribution in [1.29, 1.82) is 0 Å². The predicted octanol–water partition coefficient (Wildman–Crippen LogP) is 3.48. The zero-order chi connectivity index (χ0) is 13.3. The van der Waals surface area contributed by atoms with Crippen molar-refractivity contribution in [3.05, 3.63) is 30.7 Å². The molecule has 1 aliphatic carbocycles. The van der Waals surface area contributed by atoms with E-state index in [4.69, 9.17) is 0 Å². The Morgan fingerprint density at radius 3 is 2.53 bits per heavy atom. The van der Waals surface area contributed by atoms with Gasteiger partial charge < -0.3 is 0 Å². The Balaban J connectivity index is 1.76. The van der Waals surface area contributed by atoms with Gasteiger partial charge in [0.2, 0.25) is 0 Å². The lowest BCUT2D eigenvalue weighted by Gasteiger charge is -2.34. The molecule has 0 bridgehead atoms. The highest BCUT2D eigenvalue weighted by atomic mass is 15.4. The zero-order valence-electron chi connectivity index (χ0n) is 11.6. The summed E-state index contributed by atoms with van der Waals surface area (Å²) in [5.41, 5.74) is 2.51. The van der Waals surface area contributed by atoms with Crippen LogP contribution in [0.15, 0.2) is 30.7 Å². The van der Waals surface area contributed by atoms with Crippen LogP contribution in [0.25, 0.3) is 11.3 Å². The van der Waals surface area contributed by atoms with Crippen LogP contribution in [0.3, 0.4) is 0 Å². The van der Waals surface area contributed by atoms with Crippen molar-refractivity contribution in [1.82, 2.24) is 20.0 Å². The van der Waals surface area contributed by atoms with E-state index >= 15 is 0 Å². The Kier molecular flexibility index (Phi) is 3.09. The second-order valence-electron chi connectivity index (χ2n) is 6.22.